The molecule has 0 aromatic heterocycles. The van der Waals surface area contributed by atoms with Crippen LogP contribution in [0.4, 0.5) is 0 Å². The number of carbonyl (C=O) groups is 1. The highest BCUT2D eigenvalue weighted by Gasteiger charge is 2.13. The molecule has 8 heteroatoms. The van der Waals surface area contributed by atoms with E-state index < -0.39 is 0 Å². The summed E-state index contributed by atoms with van der Waals surface area (Å²) in [5.74, 6) is 2.29. The van der Waals surface area contributed by atoms with Gasteiger partial charge in [0.15, 0.2) is 23.0 Å². The van der Waals surface area contributed by atoms with E-state index in [0.717, 1.165) is 16.7 Å². The van der Waals surface area contributed by atoms with Crippen LogP contribution in [-0.2, 0) is 17.8 Å². The van der Waals surface area contributed by atoms with Crippen LogP contribution in [0.25, 0.3) is 0 Å². The van der Waals surface area contributed by atoms with E-state index in [1.54, 1.807) is 12.3 Å². The molecule has 1 aliphatic heterocycles. The quantitative estimate of drug-likeness (QED) is 0.352. The number of carbonyl (C=O) groups excluding carboxylic acids is 1. The number of amides is 1. The molecule has 0 unspecified atom stereocenters. The predicted molar refractivity (Wildman–Crippen MR) is 130 cm³/mol. The number of ether oxygens (including phenoxy) is 4. The average molecular weight is 481 g/mol. The fourth-order valence-electron chi connectivity index (χ4n) is 3.36. The number of hydrogen-bond donors (Lipinski definition) is 1. The molecule has 4 rings (SSSR count). The number of benzene rings is 3. The number of hydrogen-bond acceptors (Lipinski definition) is 6. The van der Waals surface area contributed by atoms with Gasteiger partial charge < -0.3 is 18.9 Å². The largest absolute Gasteiger partial charge is 0.490 e. The Balaban J connectivity index is 1.35. The van der Waals surface area contributed by atoms with E-state index in [9.17, 15) is 4.79 Å². The van der Waals surface area contributed by atoms with Crippen LogP contribution in [0, 0.1) is 0 Å². The Morgan fingerprint density at radius 3 is 2.68 bits per heavy atom. The maximum absolute atomic E-state index is 12.3. The van der Waals surface area contributed by atoms with Crippen molar-refractivity contribution >= 4 is 23.7 Å². The van der Waals surface area contributed by atoms with Crippen LogP contribution in [0.15, 0.2) is 65.8 Å². The van der Waals surface area contributed by atoms with E-state index in [4.69, 9.17) is 30.5 Å². The van der Waals surface area contributed by atoms with Gasteiger partial charge in [-0.2, -0.15) is 5.10 Å². The van der Waals surface area contributed by atoms with E-state index in [0.29, 0.717) is 54.4 Å². The lowest BCUT2D eigenvalue weighted by Crippen LogP contribution is -2.20. The zero-order chi connectivity index (χ0) is 23.8. The molecular weight excluding hydrogens is 456 g/mol. The van der Waals surface area contributed by atoms with Gasteiger partial charge in [-0.25, -0.2) is 5.43 Å². The number of hydrazone groups is 1. The number of halogens is 1. The van der Waals surface area contributed by atoms with E-state index >= 15 is 0 Å². The van der Waals surface area contributed by atoms with Crippen LogP contribution in [0.2, 0.25) is 5.02 Å². The first kappa shape index (κ1) is 23.4. The van der Waals surface area contributed by atoms with Gasteiger partial charge in [-0.15, -0.1) is 0 Å². The lowest BCUT2D eigenvalue weighted by atomic mass is 10.1. The summed E-state index contributed by atoms with van der Waals surface area (Å²) in [5, 5.41) is 4.72. The van der Waals surface area contributed by atoms with Crippen molar-refractivity contribution in [3.8, 4) is 23.0 Å². The number of nitrogens with zero attached hydrogens (tertiary/aromatic N) is 1. The zero-order valence-corrected chi connectivity index (χ0v) is 19.5. The molecule has 1 N–H and O–H groups in total. The monoisotopic (exact) mass is 480 g/mol. The van der Waals surface area contributed by atoms with Gasteiger partial charge in [-0.3, -0.25) is 4.79 Å². The molecule has 176 valence electrons. The Hall–Kier alpha value is -3.71. The summed E-state index contributed by atoms with van der Waals surface area (Å²) >= 11 is 6.21. The first-order valence-corrected chi connectivity index (χ1v) is 11.3. The van der Waals surface area contributed by atoms with Crippen LogP contribution in [0.5, 0.6) is 23.0 Å². The van der Waals surface area contributed by atoms with Crippen LogP contribution >= 0.6 is 11.6 Å². The lowest BCUT2D eigenvalue weighted by molar-refractivity contribution is -0.120. The van der Waals surface area contributed by atoms with Gasteiger partial charge in [-0.1, -0.05) is 35.9 Å². The molecule has 0 bridgehead atoms. The molecule has 0 radical (unpaired) electrons. The van der Waals surface area contributed by atoms with E-state index in [1.165, 1.54) is 0 Å². The summed E-state index contributed by atoms with van der Waals surface area (Å²) in [5.41, 5.74) is 5.01. The summed E-state index contributed by atoms with van der Waals surface area (Å²) < 4.78 is 22.7. The second-order valence-corrected chi connectivity index (χ2v) is 7.87. The molecule has 1 amide bonds. The third kappa shape index (κ3) is 6.20. The summed E-state index contributed by atoms with van der Waals surface area (Å²) in [4.78, 5) is 12.3. The normalized spacial score (nSPS) is 12.4. The maximum atomic E-state index is 12.3. The Morgan fingerprint density at radius 2 is 1.85 bits per heavy atom. The van der Waals surface area contributed by atoms with Crippen LogP contribution in [-0.4, -0.2) is 31.9 Å². The fraction of sp³-hybridized carbons (Fsp3) is 0.231. The van der Waals surface area contributed by atoms with Crippen molar-refractivity contribution in [2.75, 3.05) is 19.8 Å². The van der Waals surface area contributed by atoms with Gasteiger partial charge in [0, 0.05) is 10.6 Å². The average Bonchev–Trinajstić information content (AvgIpc) is 2.84. The molecule has 1 aliphatic rings. The third-order valence-electron chi connectivity index (χ3n) is 4.98. The molecule has 0 saturated heterocycles. The van der Waals surface area contributed by atoms with Crippen molar-refractivity contribution in [1.29, 1.82) is 0 Å². The summed E-state index contributed by atoms with van der Waals surface area (Å²) in [7, 11) is 0. The highest BCUT2D eigenvalue weighted by atomic mass is 35.5. The minimum absolute atomic E-state index is 0.174. The minimum Gasteiger partial charge on any atom is -0.490 e. The van der Waals surface area contributed by atoms with E-state index in [1.807, 2.05) is 61.5 Å². The van der Waals surface area contributed by atoms with E-state index in [2.05, 4.69) is 10.5 Å². The SMILES string of the molecule is CCOc1cc(/C=N/NC(=O)Cc2ccc3c(c2)OCCO3)ccc1OCc1ccccc1Cl. The van der Waals surface area contributed by atoms with Crippen molar-refractivity contribution in [3.63, 3.8) is 0 Å². The highest BCUT2D eigenvalue weighted by Crippen LogP contribution is 2.31. The van der Waals surface area contributed by atoms with Gasteiger partial charge >= 0.3 is 0 Å². The van der Waals surface area contributed by atoms with Gasteiger partial charge in [0.25, 0.3) is 0 Å². The molecule has 0 saturated carbocycles. The maximum Gasteiger partial charge on any atom is 0.244 e. The Morgan fingerprint density at radius 1 is 1.03 bits per heavy atom. The fourth-order valence-corrected chi connectivity index (χ4v) is 3.56. The standard InChI is InChI=1S/C26H25ClN2O5/c1-2-31-24-14-19(8-10-23(24)34-17-20-5-3-4-6-21(20)27)16-28-29-26(30)15-18-7-9-22-25(13-18)33-12-11-32-22/h3-10,13-14,16H,2,11-12,15,17H2,1H3,(H,29,30)/b28-16+. The zero-order valence-electron chi connectivity index (χ0n) is 18.8. The number of fused-ring (bicyclic) bond motifs is 1. The third-order valence-corrected chi connectivity index (χ3v) is 5.35. The second-order valence-electron chi connectivity index (χ2n) is 7.47. The summed E-state index contributed by atoms with van der Waals surface area (Å²) in [6.45, 7) is 3.73. The summed E-state index contributed by atoms with van der Waals surface area (Å²) in [6, 6.07) is 18.4. The van der Waals surface area contributed by atoms with Crippen LogP contribution < -0.4 is 24.4 Å². The molecular formula is C26H25ClN2O5. The van der Waals surface area contributed by atoms with Crippen molar-refractivity contribution in [1.82, 2.24) is 5.43 Å². The van der Waals surface area contributed by atoms with Crippen molar-refractivity contribution in [2.45, 2.75) is 20.0 Å². The molecule has 0 fully saturated rings. The molecule has 7 nitrogen and oxygen atoms in total. The number of nitrogens with one attached hydrogen (secondary N) is 1. The van der Waals surface area contributed by atoms with Gasteiger partial charge in [-0.05, 0) is 54.4 Å². The Bertz CT molecular complexity index is 1180. The first-order chi connectivity index (χ1) is 16.6. The number of rotatable bonds is 9. The topological polar surface area (TPSA) is 78.4 Å². The molecule has 3 aromatic carbocycles. The van der Waals surface area contributed by atoms with Crippen molar-refractivity contribution < 1.29 is 23.7 Å². The Labute approximate surface area is 203 Å². The smallest absolute Gasteiger partial charge is 0.244 e. The predicted octanol–water partition coefficient (Wildman–Crippen LogP) is 4.78. The molecule has 0 atom stereocenters. The molecule has 3 aromatic rings. The van der Waals surface area contributed by atoms with Crippen LogP contribution in [0.3, 0.4) is 0 Å². The first-order valence-electron chi connectivity index (χ1n) is 11.0. The molecule has 1 heterocycles. The van der Waals surface area contributed by atoms with Crippen molar-refractivity contribution in [2.24, 2.45) is 5.10 Å². The van der Waals surface area contributed by atoms with Gasteiger partial charge in [0.1, 0.15) is 19.8 Å². The minimum atomic E-state index is -0.238. The van der Waals surface area contributed by atoms with E-state index in [-0.39, 0.29) is 12.3 Å². The highest BCUT2D eigenvalue weighted by molar-refractivity contribution is 6.31. The molecule has 34 heavy (non-hydrogen) atoms. The summed E-state index contributed by atoms with van der Waals surface area (Å²) in [6.07, 6.45) is 1.73. The molecule has 0 aliphatic carbocycles. The van der Waals surface area contributed by atoms with Crippen molar-refractivity contribution in [3.05, 3.63) is 82.4 Å². The molecule has 0 spiro atoms. The Kier molecular flexibility index (Phi) is 7.88. The second kappa shape index (κ2) is 11.4. The van der Waals surface area contributed by atoms with Crippen LogP contribution in [0.1, 0.15) is 23.6 Å². The lowest BCUT2D eigenvalue weighted by Gasteiger charge is -2.18. The van der Waals surface area contributed by atoms with Gasteiger partial charge in [0.2, 0.25) is 5.91 Å². The van der Waals surface area contributed by atoms with Gasteiger partial charge in [0.05, 0.1) is 19.2 Å².